The Morgan fingerprint density at radius 1 is 1.38 bits per heavy atom. The van der Waals surface area contributed by atoms with E-state index in [2.05, 4.69) is 24.3 Å². The van der Waals surface area contributed by atoms with Crippen molar-refractivity contribution in [3.63, 3.8) is 0 Å². The minimum Gasteiger partial charge on any atom is -0.341 e. The molecule has 0 aliphatic carbocycles. The predicted octanol–water partition coefficient (Wildman–Crippen LogP) is 3.00. The third-order valence-corrected chi connectivity index (χ3v) is 5.27. The van der Waals surface area contributed by atoms with Crippen LogP contribution < -0.4 is 5.73 Å². The van der Waals surface area contributed by atoms with E-state index in [-0.39, 0.29) is 11.3 Å². The summed E-state index contributed by atoms with van der Waals surface area (Å²) in [6.07, 6.45) is 1.09. The Bertz CT molecular complexity index is 469. The molecule has 1 aromatic carbocycles. The van der Waals surface area contributed by atoms with Crippen LogP contribution in [0.2, 0.25) is 0 Å². The molecule has 0 bridgehead atoms. The molecule has 116 valence electrons. The minimum atomic E-state index is -0.405. The number of hydrogen-bond acceptors (Lipinski definition) is 3. The summed E-state index contributed by atoms with van der Waals surface area (Å²) >= 11 is 1.88. The fourth-order valence-corrected chi connectivity index (χ4v) is 3.52. The average molecular weight is 306 g/mol. The summed E-state index contributed by atoms with van der Waals surface area (Å²) in [7, 11) is 0. The van der Waals surface area contributed by atoms with E-state index < -0.39 is 6.04 Å². The van der Waals surface area contributed by atoms with Crippen molar-refractivity contribution in [2.24, 2.45) is 17.1 Å². The molecule has 1 amide bonds. The van der Waals surface area contributed by atoms with E-state index in [1.807, 2.05) is 43.5 Å². The number of hydrogen-bond donors (Lipinski definition) is 1. The Balaban J connectivity index is 1.82. The number of nitrogens with zero attached hydrogens (tertiary/aromatic N) is 1. The van der Waals surface area contributed by atoms with Crippen molar-refractivity contribution in [2.75, 3.05) is 18.8 Å². The van der Waals surface area contributed by atoms with E-state index in [0.717, 1.165) is 25.3 Å². The third-order valence-electron chi connectivity index (χ3n) is 4.03. The molecule has 1 unspecified atom stereocenters. The highest BCUT2D eigenvalue weighted by Gasteiger charge is 2.34. The van der Waals surface area contributed by atoms with Gasteiger partial charge >= 0.3 is 0 Å². The van der Waals surface area contributed by atoms with Crippen LogP contribution in [0.4, 0.5) is 0 Å². The largest absolute Gasteiger partial charge is 0.341 e. The average Bonchev–Trinajstić information content (AvgIpc) is 2.92. The molecule has 2 N–H and O–H groups in total. The highest BCUT2D eigenvalue weighted by atomic mass is 32.2. The van der Waals surface area contributed by atoms with Crippen molar-refractivity contribution >= 4 is 17.7 Å². The van der Waals surface area contributed by atoms with Gasteiger partial charge in [-0.05, 0) is 29.9 Å². The topological polar surface area (TPSA) is 46.3 Å². The molecule has 0 spiro atoms. The first-order valence-electron chi connectivity index (χ1n) is 7.60. The van der Waals surface area contributed by atoms with Crippen LogP contribution in [0.15, 0.2) is 35.2 Å². The van der Waals surface area contributed by atoms with E-state index in [4.69, 9.17) is 5.73 Å². The van der Waals surface area contributed by atoms with Gasteiger partial charge in [-0.1, -0.05) is 39.0 Å². The van der Waals surface area contributed by atoms with Crippen LogP contribution in [-0.4, -0.2) is 35.7 Å². The van der Waals surface area contributed by atoms with E-state index in [9.17, 15) is 4.79 Å². The number of benzene rings is 1. The quantitative estimate of drug-likeness (QED) is 0.870. The normalized spacial score (nSPS) is 20.6. The van der Waals surface area contributed by atoms with Gasteiger partial charge in [-0.3, -0.25) is 4.79 Å². The van der Waals surface area contributed by atoms with Gasteiger partial charge in [-0.15, -0.1) is 11.8 Å². The van der Waals surface area contributed by atoms with Crippen molar-refractivity contribution in [3.8, 4) is 0 Å². The monoisotopic (exact) mass is 306 g/mol. The van der Waals surface area contributed by atoms with Crippen LogP contribution in [0.25, 0.3) is 0 Å². The molecule has 1 saturated heterocycles. The van der Waals surface area contributed by atoms with E-state index in [1.165, 1.54) is 4.90 Å². The summed E-state index contributed by atoms with van der Waals surface area (Å²) < 4.78 is 0. The van der Waals surface area contributed by atoms with Crippen molar-refractivity contribution in [3.05, 3.63) is 30.3 Å². The molecule has 1 heterocycles. The SMILES string of the molecule is CC(C)(C)[C@H](N)C(=O)N1CCC(CSc2ccccc2)C1. The summed E-state index contributed by atoms with van der Waals surface area (Å²) in [5, 5.41) is 0. The molecule has 4 heteroatoms. The van der Waals surface area contributed by atoms with E-state index in [1.54, 1.807) is 0 Å². The zero-order chi connectivity index (χ0) is 15.5. The minimum absolute atomic E-state index is 0.106. The Labute approximate surface area is 132 Å². The second kappa shape index (κ2) is 6.84. The lowest BCUT2D eigenvalue weighted by atomic mass is 9.86. The van der Waals surface area contributed by atoms with Crippen molar-refractivity contribution in [1.82, 2.24) is 4.90 Å². The lowest BCUT2D eigenvalue weighted by Crippen LogP contribution is -2.49. The zero-order valence-electron chi connectivity index (χ0n) is 13.2. The standard InChI is InChI=1S/C17H26N2OS/c1-17(2,3)15(18)16(20)19-10-9-13(11-19)12-21-14-7-5-4-6-8-14/h4-8,13,15H,9-12,18H2,1-3H3/t13?,15-/m1/s1. The van der Waals surface area contributed by atoms with Gasteiger partial charge in [0, 0.05) is 23.7 Å². The molecule has 0 saturated carbocycles. The fraction of sp³-hybridized carbons (Fsp3) is 0.588. The molecule has 2 rings (SSSR count). The first-order chi connectivity index (χ1) is 9.88. The highest BCUT2D eigenvalue weighted by Crippen LogP contribution is 2.27. The first-order valence-corrected chi connectivity index (χ1v) is 8.58. The number of carbonyl (C=O) groups excluding carboxylic acids is 1. The van der Waals surface area contributed by atoms with Crippen LogP contribution >= 0.6 is 11.8 Å². The molecule has 2 atom stereocenters. The second-order valence-corrected chi connectivity index (χ2v) is 8.00. The van der Waals surface area contributed by atoms with Gasteiger partial charge in [0.05, 0.1) is 6.04 Å². The van der Waals surface area contributed by atoms with Crippen LogP contribution in [0, 0.1) is 11.3 Å². The molecule has 21 heavy (non-hydrogen) atoms. The molecule has 0 radical (unpaired) electrons. The summed E-state index contributed by atoms with van der Waals surface area (Å²) in [5.74, 6) is 1.75. The summed E-state index contributed by atoms with van der Waals surface area (Å²) in [6, 6.07) is 10.0. The Hall–Kier alpha value is -1.00. The Morgan fingerprint density at radius 3 is 2.67 bits per heavy atom. The van der Waals surface area contributed by atoms with Gasteiger partial charge in [0.1, 0.15) is 0 Å². The van der Waals surface area contributed by atoms with Crippen molar-refractivity contribution in [2.45, 2.75) is 38.1 Å². The highest BCUT2D eigenvalue weighted by molar-refractivity contribution is 7.99. The summed E-state index contributed by atoms with van der Waals surface area (Å²) in [4.78, 5) is 15.7. The van der Waals surface area contributed by atoms with Crippen LogP contribution in [-0.2, 0) is 4.79 Å². The van der Waals surface area contributed by atoms with Gasteiger partial charge in [0.25, 0.3) is 0 Å². The number of amides is 1. The van der Waals surface area contributed by atoms with Crippen LogP contribution in [0.3, 0.4) is 0 Å². The number of carbonyl (C=O) groups is 1. The van der Waals surface area contributed by atoms with Crippen LogP contribution in [0.5, 0.6) is 0 Å². The third kappa shape index (κ3) is 4.48. The first kappa shape index (κ1) is 16.4. The van der Waals surface area contributed by atoms with Gasteiger partial charge in [-0.2, -0.15) is 0 Å². The Morgan fingerprint density at radius 2 is 2.05 bits per heavy atom. The smallest absolute Gasteiger partial charge is 0.240 e. The predicted molar refractivity (Wildman–Crippen MR) is 89.3 cm³/mol. The molecule has 3 nitrogen and oxygen atoms in total. The lowest BCUT2D eigenvalue weighted by molar-refractivity contribution is -0.134. The summed E-state index contributed by atoms with van der Waals surface area (Å²) in [5.41, 5.74) is 5.92. The molecule has 1 aromatic rings. The molecule has 1 fully saturated rings. The lowest BCUT2D eigenvalue weighted by Gasteiger charge is -2.30. The van der Waals surface area contributed by atoms with E-state index >= 15 is 0 Å². The molecule has 0 aromatic heterocycles. The Kier molecular flexibility index (Phi) is 5.33. The number of likely N-dealkylation sites (tertiary alicyclic amines) is 1. The fourth-order valence-electron chi connectivity index (χ4n) is 2.47. The number of rotatable bonds is 4. The molecular formula is C17H26N2OS. The van der Waals surface area contributed by atoms with Gasteiger partial charge in [0.2, 0.25) is 5.91 Å². The van der Waals surface area contributed by atoms with Crippen molar-refractivity contribution < 1.29 is 4.79 Å². The maximum Gasteiger partial charge on any atom is 0.240 e. The second-order valence-electron chi connectivity index (χ2n) is 6.91. The summed E-state index contributed by atoms with van der Waals surface area (Å²) in [6.45, 7) is 7.77. The molecule has 1 aliphatic rings. The zero-order valence-corrected chi connectivity index (χ0v) is 14.0. The van der Waals surface area contributed by atoms with Gasteiger partial charge in [-0.25, -0.2) is 0 Å². The van der Waals surface area contributed by atoms with Crippen LogP contribution in [0.1, 0.15) is 27.2 Å². The van der Waals surface area contributed by atoms with Crippen molar-refractivity contribution in [1.29, 1.82) is 0 Å². The van der Waals surface area contributed by atoms with Gasteiger partial charge < -0.3 is 10.6 Å². The number of nitrogens with two attached hydrogens (primary N) is 1. The maximum atomic E-state index is 12.4. The van der Waals surface area contributed by atoms with E-state index in [0.29, 0.717) is 5.92 Å². The molecular weight excluding hydrogens is 280 g/mol. The number of thioether (sulfide) groups is 1. The maximum absolute atomic E-state index is 12.4. The molecule has 1 aliphatic heterocycles. The van der Waals surface area contributed by atoms with Gasteiger partial charge in [0.15, 0.2) is 0 Å².